The first kappa shape index (κ1) is 16.1. The summed E-state index contributed by atoms with van der Waals surface area (Å²) in [6.45, 7) is 5.00. The van der Waals surface area contributed by atoms with Crippen molar-refractivity contribution in [2.24, 2.45) is 5.92 Å². The standard InChI is InChI=1S/C15H26N2O4/c1-10-8-17(9-11(2)21-10)15(20)16-13-7-5-3-4-6-12(13)14(18)19/h10-13H,3-9H2,1-2H3,(H,16,20)(H,18,19)/t10-,11+,12?,13?. The summed E-state index contributed by atoms with van der Waals surface area (Å²) in [5.41, 5.74) is 0. The molecule has 1 aliphatic carbocycles. The molecule has 6 heteroatoms. The highest BCUT2D eigenvalue weighted by molar-refractivity contribution is 5.77. The average Bonchev–Trinajstić information content (AvgIpc) is 2.63. The summed E-state index contributed by atoms with van der Waals surface area (Å²) >= 11 is 0. The molecule has 0 aromatic rings. The van der Waals surface area contributed by atoms with Crippen molar-refractivity contribution < 1.29 is 19.4 Å². The number of ether oxygens (including phenoxy) is 1. The smallest absolute Gasteiger partial charge is 0.317 e. The van der Waals surface area contributed by atoms with Crippen molar-refractivity contribution in [2.45, 2.75) is 64.2 Å². The number of carbonyl (C=O) groups is 2. The molecule has 120 valence electrons. The van der Waals surface area contributed by atoms with E-state index in [9.17, 15) is 14.7 Å². The van der Waals surface area contributed by atoms with Gasteiger partial charge in [-0.05, 0) is 26.7 Å². The van der Waals surface area contributed by atoms with Crippen LogP contribution in [0.25, 0.3) is 0 Å². The van der Waals surface area contributed by atoms with Crippen LogP contribution in [0.3, 0.4) is 0 Å². The highest BCUT2D eigenvalue weighted by atomic mass is 16.5. The lowest BCUT2D eigenvalue weighted by atomic mass is 9.95. The van der Waals surface area contributed by atoms with Gasteiger partial charge in [-0.3, -0.25) is 4.79 Å². The van der Waals surface area contributed by atoms with Crippen LogP contribution >= 0.6 is 0 Å². The molecular weight excluding hydrogens is 272 g/mol. The number of carbonyl (C=O) groups excluding carboxylic acids is 1. The third-order valence-corrected chi connectivity index (χ3v) is 4.35. The van der Waals surface area contributed by atoms with Gasteiger partial charge in [-0.25, -0.2) is 4.79 Å². The number of urea groups is 1. The first-order chi connectivity index (χ1) is 9.97. The number of carboxylic acid groups (broad SMARTS) is 1. The van der Waals surface area contributed by atoms with Crippen LogP contribution in [0.5, 0.6) is 0 Å². The van der Waals surface area contributed by atoms with Crippen molar-refractivity contribution in [2.75, 3.05) is 13.1 Å². The predicted octanol–water partition coefficient (Wildman–Crippen LogP) is 1.84. The molecule has 0 bridgehead atoms. The molecule has 6 nitrogen and oxygen atoms in total. The second kappa shape index (κ2) is 7.11. The van der Waals surface area contributed by atoms with Gasteiger partial charge in [0.25, 0.3) is 0 Å². The summed E-state index contributed by atoms with van der Waals surface area (Å²) in [5.74, 6) is -1.27. The molecule has 2 unspecified atom stereocenters. The van der Waals surface area contributed by atoms with Crippen LogP contribution in [0.15, 0.2) is 0 Å². The van der Waals surface area contributed by atoms with E-state index in [0.717, 1.165) is 25.7 Å². The van der Waals surface area contributed by atoms with Crippen molar-refractivity contribution in [3.05, 3.63) is 0 Å². The number of hydrogen-bond donors (Lipinski definition) is 2. The summed E-state index contributed by atoms with van der Waals surface area (Å²) in [4.78, 5) is 25.5. The third kappa shape index (κ3) is 4.33. The van der Waals surface area contributed by atoms with Gasteiger partial charge in [0.2, 0.25) is 0 Å². The van der Waals surface area contributed by atoms with Crippen molar-refractivity contribution in [3.8, 4) is 0 Å². The number of aliphatic carboxylic acids is 1. The van der Waals surface area contributed by atoms with Crippen molar-refractivity contribution >= 4 is 12.0 Å². The van der Waals surface area contributed by atoms with Gasteiger partial charge >= 0.3 is 12.0 Å². The van der Waals surface area contributed by atoms with Gasteiger partial charge in [-0.2, -0.15) is 0 Å². The molecule has 0 radical (unpaired) electrons. The Bertz CT molecular complexity index is 378. The Morgan fingerprint density at radius 2 is 1.71 bits per heavy atom. The van der Waals surface area contributed by atoms with Gasteiger partial charge in [0.1, 0.15) is 0 Å². The maximum atomic E-state index is 12.4. The summed E-state index contributed by atoms with van der Waals surface area (Å²) < 4.78 is 5.62. The second-order valence-corrected chi connectivity index (χ2v) is 6.30. The van der Waals surface area contributed by atoms with Gasteiger partial charge < -0.3 is 20.1 Å². The van der Waals surface area contributed by atoms with Crippen LogP contribution in [-0.4, -0.2) is 53.3 Å². The minimum absolute atomic E-state index is 0.0175. The molecule has 4 atom stereocenters. The fourth-order valence-corrected chi connectivity index (χ4v) is 3.37. The molecule has 2 rings (SSSR count). The molecule has 2 fully saturated rings. The zero-order valence-electron chi connectivity index (χ0n) is 12.9. The minimum atomic E-state index is -0.800. The van der Waals surface area contributed by atoms with E-state index in [-0.39, 0.29) is 24.3 Å². The summed E-state index contributed by atoms with van der Waals surface area (Å²) in [7, 11) is 0. The van der Waals surface area contributed by atoms with E-state index in [0.29, 0.717) is 19.5 Å². The Labute approximate surface area is 125 Å². The Hall–Kier alpha value is -1.30. The van der Waals surface area contributed by atoms with E-state index in [2.05, 4.69) is 5.32 Å². The Morgan fingerprint density at radius 3 is 2.33 bits per heavy atom. The van der Waals surface area contributed by atoms with E-state index in [1.165, 1.54) is 0 Å². The molecule has 1 saturated carbocycles. The van der Waals surface area contributed by atoms with Gasteiger partial charge in [0.15, 0.2) is 0 Å². The van der Waals surface area contributed by atoms with Crippen LogP contribution in [-0.2, 0) is 9.53 Å². The first-order valence-corrected chi connectivity index (χ1v) is 7.91. The zero-order valence-corrected chi connectivity index (χ0v) is 12.9. The molecule has 2 amide bonds. The van der Waals surface area contributed by atoms with E-state index in [4.69, 9.17) is 4.74 Å². The molecule has 0 aromatic carbocycles. The normalized spacial score (nSPS) is 34.1. The fourth-order valence-electron chi connectivity index (χ4n) is 3.37. The van der Waals surface area contributed by atoms with Crippen molar-refractivity contribution in [3.63, 3.8) is 0 Å². The molecule has 1 aliphatic heterocycles. The average molecular weight is 298 g/mol. The number of nitrogens with one attached hydrogen (secondary N) is 1. The van der Waals surface area contributed by atoms with E-state index >= 15 is 0 Å². The van der Waals surface area contributed by atoms with Crippen LogP contribution < -0.4 is 5.32 Å². The maximum absolute atomic E-state index is 12.4. The molecule has 1 heterocycles. The number of amides is 2. The fraction of sp³-hybridized carbons (Fsp3) is 0.867. The van der Waals surface area contributed by atoms with E-state index < -0.39 is 11.9 Å². The molecule has 21 heavy (non-hydrogen) atoms. The molecule has 0 spiro atoms. The van der Waals surface area contributed by atoms with Crippen LogP contribution in [0.1, 0.15) is 46.0 Å². The minimum Gasteiger partial charge on any atom is -0.481 e. The Morgan fingerprint density at radius 1 is 1.10 bits per heavy atom. The number of nitrogens with zero attached hydrogens (tertiary/aromatic N) is 1. The molecular formula is C15H26N2O4. The molecule has 0 aromatic heterocycles. The SMILES string of the molecule is C[C@@H]1CN(C(=O)NC2CCCCCC2C(=O)O)C[C@H](C)O1. The van der Waals surface area contributed by atoms with Crippen molar-refractivity contribution in [1.29, 1.82) is 0 Å². The number of morpholine rings is 1. The highest BCUT2D eigenvalue weighted by Crippen LogP contribution is 2.24. The van der Waals surface area contributed by atoms with Gasteiger partial charge in [0, 0.05) is 19.1 Å². The van der Waals surface area contributed by atoms with Crippen LogP contribution in [0, 0.1) is 5.92 Å². The summed E-state index contributed by atoms with van der Waals surface area (Å²) in [5, 5.41) is 12.3. The van der Waals surface area contributed by atoms with Gasteiger partial charge in [-0.1, -0.05) is 19.3 Å². The summed E-state index contributed by atoms with van der Waals surface area (Å²) in [6.07, 6.45) is 4.38. The maximum Gasteiger partial charge on any atom is 0.317 e. The lowest BCUT2D eigenvalue weighted by Crippen LogP contribution is -2.55. The lowest BCUT2D eigenvalue weighted by Gasteiger charge is -2.36. The lowest BCUT2D eigenvalue weighted by molar-refractivity contribution is -0.142. The topological polar surface area (TPSA) is 78.9 Å². The van der Waals surface area contributed by atoms with Crippen molar-refractivity contribution in [1.82, 2.24) is 10.2 Å². The summed E-state index contributed by atoms with van der Waals surface area (Å²) in [6, 6.07) is -0.416. The predicted molar refractivity (Wildman–Crippen MR) is 78.1 cm³/mol. The Kier molecular flexibility index (Phi) is 5.45. The Balaban J connectivity index is 1.97. The zero-order chi connectivity index (χ0) is 15.4. The number of carboxylic acids is 1. The highest BCUT2D eigenvalue weighted by Gasteiger charge is 2.33. The third-order valence-electron chi connectivity index (χ3n) is 4.35. The molecule has 2 aliphatic rings. The van der Waals surface area contributed by atoms with Gasteiger partial charge in [0.05, 0.1) is 18.1 Å². The number of rotatable bonds is 2. The molecule has 1 saturated heterocycles. The first-order valence-electron chi connectivity index (χ1n) is 7.91. The van der Waals surface area contributed by atoms with Crippen LogP contribution in [0.4, 0.5) is 4.79 Å². The monoisotopic (exact) mass is 298 g/mol. The quantitative estimate of drug-likeness (QED) is 0.762. The number of hydrogen-bond acceptors (Lipinski definition) is 3. The molecule has 2 N–H and O–H groups in total. The van der Waals surface area contributed by atoms with E-state index in [1.54, 1.807) is 4.90 Å². The van der Waals surface area contributed by atoms with E-state index in [1.807, 2.05) is 13.8 Å². The second-order valence-electron chi connectivity index (χ2n) is 6.30. The van der Waals surface area contributed by atoms with Gasteiger partial charge in [-0.15, -0.1) is 0 Å². The van der Waals surface area contributed by atoms with Crippen LogP contribution in [0.2, 0.25) is 0 Å². The largest absolute Gasteiger partial charge is 0.481 e.